The van der Waals surface area contributed by atoms with Crippen molar-refractivity contribution in [1.29, 1.82) is 0 Å². The van der Waals surface area contributed by atoms with Gasteiger partial charge in [0, 0.05) is 39.3 Å². The van der Waals surface area contributed by atoms with Crippen LogP contribution >= 0.6 is 24.0 Å². The van der Waals surface area contributed by atoms with Crippen molar-refractivity contribution in [3.05, 3.63) is 35.9 Å². The highest BCUT2D eigenvalue weighted by Crippen LogP contribution is 2.15. The Labute approximate surface area is 193 Å². The maximum atomic E-state index is 9.57. The summed E-state index contributed by atoms with van der Waals surface area (Å²) < 4.78 is 5.91. The summed E-state index contributed by atoms with van der Waals surface area (Å²) in [6.45, 7) is 10.5. The zero-order valence-electron chi connectivity index (χ0n) is 18.0. The SMILES string of the molecule is CCNC(=NCCCOC(C)c1ccccc1)NCCCN1CCC(O)CC1.I. The van der Waals surface area contributed by atoms with E-state index in [0.29, 0.717) is 6.61 Å². The predicted molar refractivity (Wildman–Crippen MR) is 131 cm³/mol. The van der Waals surface area contributed by atoms with Crippen molar-refractivity contribution in [2.24, 2.45) is 4.99 Å². The van der Waals surface area contributed by atoms with Crippen LogP contribution in [0.1, 0.15) is 51.2 Å². The average Bonchev–Trinajstić information content (AvgIpc) is 2.72. The van der Waals surface area contributed by atoms with Crippen molar-refractivity contribution < 1.29 is 9.84 Å². The molecule has 1 aromatic rings. The Morgan fingerprint density at radius 3 is 2.62 bits per heavy atom. The van der Waals surface area contributed by atoms with Crippen molar-refractivity contribution in [1.82, 2.24) is 15.5 Å². The molecule has 0 saturated carbocycles. The fourth-order valence-electron chi connectivity index (χ4n) is 3.33. The van der Waals surface area contributed by atoms with Crippen LogP contribution in [0.4, 0.5) is 0 Å². The summed E-state index contributed by atoms with van der Waals surface area (Å²) in [6.07, 6.45) is 3.82. The van der Waals surface area contributed by atoms with Crippen LogP contribution in [0.25, 0.3) is 0 Å². The van der Waals surface area contributed by atoms with Gasteiger partial charge in [-0.15, -0.1) is 24.0 Å². The van der Waals surface area contributed by atoms with Gasteiger partial charge in [0.15, 0.2) is 5.96 Å². The summed E-state index contributed by atoms with van der Waals surface area (Å²) in [4.78, 5) is 7.08. The van der Waals surface area contributed by atoms with Crippen molar-refractivity contribution in [2.75, 3.05) is 45.9 Å². The van der Waals surface area contributed by atoms with Crippen molar-refractivity contribution in [3.63, 3.8) is 0 Å². The first-order valence-corrected chi connectivity index (χ1v) is 10.8. The zero-order valence-corrected chi connectivity index (χ0v) is 20.3. The first-order chi connectivity index (χ1) is 13.7. The number of halogens is 1. The van der Waals surface area contributed by atoms with Crippen LogP contribution < -0.4 is 10.6 Å². The molecule has 7 heteroatoms. The molecule has 0 bridgehead atoms. The third kappa shape index (κ3) is 11.2. The first kappa shape index (κ1) is 26.1. The van der Waals surface area contributed by atoms with E-state index < -0.39 is 0 Å². The molecule has 6 nitrogen and oxygen atoms in total. The molecule has 1 saturated heterocycles. The van der Waals surface area contributed by atoms with Crippen molar-refractivity contribution >= 4 is 29.9 Å². The molecule has 1 fully saturated rings. The minimum atomic E-state index is -0.0958. The van der Waals surface area contributed by atoms with Gasteiger partial charge in [-0.3, -0.25) is 4.99 Å². The van der Waals surface area contributed by atoms with E-state index in [9.17, 15) is 5.11 Å². The fraction of sp³-hybridized carbons (Fsp3) is 0.682. The van der Waals surface area contributed by atoms with E-state index in [1.54, 1.807) is 0 Å². The molecule has 1 aliphatic heterocycles. The number of benzene rings is 1. The van der Waals surface area contributed by atoms with E-state index in [1.807, 2.05) is 18.2 Å². The Kier molecular flexibility index (Phi) is 14.3. The Bertz CT molecular complexity index is 551. The van der Waals surface area contributed by atoms with Gasteiger partial charge in [0.1, 0.15) is 0 Å². The van der Waals surface area contributed by atoms with Crippen LogP contribution in [0.2, 0.25) is 0 Å². The van der Waals surface area contributed by atoms with E-state index in [2.05, 4.69) is 46.5 Å². The lowest BCUT2D eigenvalue weighted by Gasteiger charge is -2.29. The van der Waals surface area contributed by atoms with Gasteiger partial charge < -0.3 is 25.4 Å². The number of nitrogens with zero attached hydrogens (tertiary/aromatic N) is 2. The Balaban J connectivity index is 0.00000420. The molecule has 1 aliphatic rings. The van der Waals surface area contributed by atoms with Crippen LogP contribution in [0.3, 0.4) is 0 Å². The molecule has 0 spiro atoms. The van der Waals surface area contributed by atoms with Crippen molar-refractivity contribution in [2.45, 2.75) is 51.7 Å². The second-order valence-corrected chi connectivity index (χ2v) is 7.39. The van der Waals surface area contributed by atoms with Gasteiger partial charge in [0.05, 0.1) is 12.2 Å². The standard InChI is InChI=1S/C22H38N4O2.HI/c1-3-23-22(24-13-7-15-26-16-11-21(27)12-17-26)25-14-8-18-28-19(2)20-9-5-4-6-10-20;/h4-6,9-10,19,21,27H,3,7-8,11-18H2,1-2H3,(H2,23,24,25);1H. The highest BCUT2D eigenvalue weighted by molar-refractivity contribution is 14.0. The Morgan fingerprint density at radius 1 is 1.21 bits per heavy atom. The van der Waals surface area contributed by atoms with Gasteiger partial charge in [0.2, 0.25) is 0 Å². The van der Waals surface area contributed by atoms with E-state index in [1.165, 1.54) is 5.56 Å². The van der Waals surface area contributed by atoms with E-state index in [-0.39, 0.29) is 36.2 Å². The average molecular weight is 518 g/mol. The van der Waals surface area contributed by atoms with Gasteiger partial charge in [-0.25, -0.2) is 0 Å². The number of nitrogens with one attached hydrogen (secondary N) is 2. The second-order valence-electron chi connectivity index (χ2n) is 7.39. The second kappa shape index (κ2) is 15.9. The largest absolute Gasteiger partial charge is 0.393 e. The molecular formula is C22H39IN4O2. The molecule has 1 unspecified atom stereocenters. The minimum absolute atomic E-state index is 0. The summed E-state index contributed by atoms with van der Waals surface area (Å²) in [7, 11) is 0. The van der Waals surface area contributed by atoms with Crippen molar-refractivity contribution in [3.8, 4) is 0 Å². The Morgan fingerprint density at radius 2 is 1.93 bits per heavy atom. The number of hydrogen-bond donors (Lipinski definition) is 3. The molecule has 3 N–H and O–H groups in total. The number of piperidine rings is 1. The molecule has 0 radical (unpaired) electrons. The molecule has 1 aromatic carbocycles. The molecule has 0 aromatic heterocycles. The van der Waals surface area contributed by atoms with E-state index >= 15 is 0 Å². The monoisotopic (exact) mass is 518 g/mol. The first-order valence-electron chi connectivity index (χ1n) is 10.8. The molecule has 2 rings (SSSR count). The fourth-order valence-corrected chi connectivity index (χ4v) is 3.33. The van der Waals surface area contributed by atoms with Crippen LogP contribution in [0, 0.1) is 0 Å². The summed E-state index contributed by atoms with van der Waals surface area (Å²) in [5.41, 5.74) is 1.21. The lowest BCUT2D eigenvalue weighted by Crippen LogP contribution is -2.40. The third-order valence-electron chi connectivity index (χ3n) is 5.05. The molecule has 1 atom stereocenters. The topological polar surface area (TPSA) is 69.1 Å². The maximum absolute atomic E-state index is 9.57. The maximum Gasteiger partial charge on any atom is 0.191 e. The predicted octanol–water partition coefficient (Wildman–Crippen LogP) is 3.17. The highest BCUT2D eigenvalue weighted by atomic mass is 127. The number of rotatable bonds is 11. The summed E-state index contributed by atoms with van der Waals surface area (Å²) in [5.74, 6) is 0.882. The lowest BCUT2D eigenvalue weighted by molar-refractivity contribution is 0.0652. The number of hydrogen-bond acceptors (Lipinski definition) is 4. The quantitative estimate of drug-likeness (QED) is 0.182. The van der Waals surface area contributed by atoms with Gasteiger partial charge >= 0.3 is 0 Å². The number of aliphatic hydroxyl groups excluding tert-OH is 1. The van der Waals surface area contributed by atoms with Gasteiger partial charge in [-0.2, -0.15) is 0 Å². The normalized spacial score (nSPS) is 16.9. The van der Waals surface area contributed by atoms with E-state index in [0.717, 1.165) is 70.9 Å². The van der Waals surface area contributed by atoms with Gasteiger partial charge in [-0.1, -0.05) is 30.3 Å². The molecule has 0 aliphatic carbocycles. The number of guanidine groups is 1. The zero-order chi connectivity index (χ0) is 20.0. The van der Waals surface area contributed by atoms with Gasteiger partial charge in [0.25, 0.3) is 0 Å². The summed E-state index contributed by atoms with van der Waals surface area (Å²) in [6, 6.07) is 10.3. The molecule has 29 heavy (non-hydrogen) atoms. The van der Waals surface area contributed by atoms with E-state index in [4.69, 9.17) is 4.74 Å². The van der Waals surface area contributed by atoms with Crippen LogP contribution in [0.15, 0.2) is 35.3 Å². The van der Waals surface area contributed by atoms with Crippen LogP contribution in [-0.2, 0) is 4.74 Å². The highest BCUT2D eigenvalue weighted by Gasteiger charge is 2.16. The summed E-state index contributed by atoms with van der Waals surface area (Å²) >= 11 is 0. The smallest absolute Gasteiger partial charge is 0.191 e. The third-order valence-corrected chi connectivity index (χ3v) is 5.05. The molecule has 166 valence electrons. The molecule has 1 heterocycles. The number of aliphatic imine (C=N–C) groups is 1. The molecule has 0 amide bonds. The van der Waals surface area contributed by atoms with Crippen LogP contribution in [0.5, 0.6) is 0 Å². The molecular weight excluding hydrogens is 479 g/mol. The number of likely N-dealkylation sites (tertiary alicyclic amines) is 1. The summed E-state index contributed by atoms with van der Waals surface area (Å²) in [5, 5.41) is 16.3. The lowest BCUT2D eigenvalue weighted by atomic mass is 10.1. The Hall–Kier alpha value is -0.900. The number of aliphatic hydroxyl groups is 1. The van der Waals surface area contributed by atoms with Gasteiger partial charge in [-0.05, 0) is 51.6 Å². The van der Waals surface area contributed by atoms with Crippen LogP contribution in [-0.4, -0.2) is 67.9 Å². The number of ether oxygens (including phenoxy) is 1. The minimum Gasteiger partial charge on any atom is -0.393 e.